The molecule has 0 fully saturated rings. The lowest BCUT2D eigenvalue weighted by Crippen LogP contribution is -2.04. The average Bonchev–Trinajstić information content (AvgIpc) is 4.20. The van der Waals surface area contributed by atoms with Gasteiger partial charge in [-0.25, -0.2) is 9.97 Å². The van der Waals surface area contributed by atoms with Crippen molar-refractivity contribution in [3.63, 3.8) is 0 Å². The third-order valence-corrected chi connectivity index (χ3v) is 12.9. The molecule has 13 nitrogen and oxygen atoms in total. The van der Waals surface area contributed by atoms with E-state index in [1.165, 1.54) is 0 Å². The molecule has 0 amide bonds. The highest BCUT2D eigenvalue weighted by Crippen LogP contribution is 2.40. The van der Waals surface area contributed by atoms with Crippen molar-refractivity contribution in [3.8, 4) is 67.8 Å². The first-order valence-corrected chi connectivity index (χ1v) is 26.0. The molecule has 4 aromatic heterocycles. The first-order chi connectivity index (χ1) is 35.7. The second-order valence-corrected chi connectivity index (χ2v) is 20.8. The van der Waals surface area contributed by atoms with Gasteiger partial charge in [0.05, 0.1) is 49.2 Å². The zero-order valence-electron chi connectivity index (χ0n) is 44.0. The van der Waals surface area contributed by atoms with Crippen molar-refractivity contribution in [1.29, 1.82) is 0 Å². The summed E-state index contributed by atoms with van der Waals surface area (Å²) in [5.74, 6) is 5.43. The number of hydrogen-bond donors (Lipinski definition) is 4. The van der Waals surface area contributed by atoms with E-state index < -0.39 is 0 Å². The molecule has 0 unspecified atom stereocenters. The molecular weight excluding hydrogens is 923 g/mol. The van der Waals surface area contributed by atoms with Crippen LogP contribution in [-0.4, -0.2) is 61.3 Å². The highest BCUT2D eigenvalue weighted by Gasteiger charge is 2.20. The summed E-state index contributed by atoms with van der Waals surface area (Å²) in [6.07, 6.45) is 12.0. The van der Waals surface area contributed by atoms with Crippen molar-refractivity contribution in [2.24, 2.45) is 23.7 Å². The minimum atomic E-state index is 0.0531. The van der Waals surface area contributed by atoms with Crippen molar-refractivity contribution in [2.45, 2.75) is 81.1 Å². The number of nitrogens with one attached hydrogen (secondary N) is 2. The lowest BCUT2D eigenvalue weighted by molar-refractivity contribution is 0.276. The van der Waals surface area contributed by atoms with Gasteiger partial charge in [-0.1, -0.05) is 79.7 Å². The SMILES string of the molecule is CC(C)CCOc1cc(OCCC(C)C)cc(-c2c3nc(c(-c4ccc(-c5nc(N)nc(N)n5)cc4)c4ccc([nH]4)c(-c4cc(OCCC(C)C)cc(OCCC(C)C)c4)c4nc(cc5ccc2[nH]5)C=C4)C=C3)c1. The fraction of sp³-hybridized carbons (Fsp3) is 0.328. The van der Waals surface area contributed by atoms with Crippen molar-refractivity contribution in [3.05, 3.63) is 114 Å². The summed E-state index contributed by atoms with van der Waals surface area (Å²) in [7, 11) is 0. The highest BCUT2D eigenvalue weighted by atomic mass is 16.5. The van der Waals surface area contributed by atoms with E-state index in [0.717, 1.165) is 132 Å². The number of aromatic amines is 2. The average molecular weight is 992 g/mol. The molecular formula is C61H69N9O4. The fourth-order valence-corrected chi connectivity index (χ4v) is 8.79. The number of hydrogen-bond acceptors (Lipinski definition) is 11. The zero-order chi connectivity index (χ0) is 51.9. The molecule has 0 saturated heterocycles. The number of benzene rings is 3. The molecule has 9 rings (SSSR count). The Morgan fingerprint density at radius 1 is 0.392 bits per heavy atom. The van der Waals surface area contributed by atoms with E-state index >= 15 is 0 Å². The standard InChI is InChI=1S/C61H69N9O4/c1-36(2)21-25-71-46-29-42(30-47(34-46)72-26-22-37(3)4)57-50-15-13-44(64-50)33-45-14-16-51(65-45)58(43-31-48(73-27-23-38(5)6)35-49(32-43)74-28-24-39(7)8)55-20-18-53(67-55)56(52-17-19-54(57)66-52)40-9-11-41(12-10-40)59-68-60(62)70-61(63)69-59/h9-20,29-39,64,67H,21-28H2,1-8H3,(H4,62,63,68,69,70). The van der Waals surface area contributed by atoms with Gasteiger partial charge in [-0.15, -0.1) is 0 Å². The van der Waals surface area contributed by atoms with Crippen LogP contribution in [0.25, 0.3) is 91.1 Å². The van der Waals surface area contributed by atoms with E-state index in [0.29, 0.717) is 55.9 Å². The van der Waals surface area contributed by atoms with Crippen LogP contribution in [0.5, 0.6) is 23.0 Å². The van der Waals surface area contributed by atoms with Gasteiger partial charge in [0.2, 0.25) is 11.9 Å². The number of H-pyrrole nitrogens is 2. The van der Waals surface area contributed by atoms with E-state index in [1.807, 2.05) is 36.4 Å². The monoisotopic (exact) mass is 992 g/mol. The number of rotatable bonds is 20. The van der Waals surface area contributed by atoms with Crippen LogP contribution in [0, 0.1) is 23.7 Å². The topological polar surface area (TPSA) is 185 Å². The number of aromatic nitrogens is 7. The van der Waals surface area contributed by atoms with Crippen molar-refractivity contribution in [1.82, 2.24) is 34.9 Å². The van der Waals surface area contributed by atoms with Gasteiger partial charge in [-0.05, 0) is 145 Å². The number of nitrogens with zero attached hydrogens (tertiary/aromatic N) is 5. The maximum Gasteiger partial charge on any atom is 0.225 e. The molecule has 74 heavy (non-hydrogen) atoms. The molecule has 0 spiro atoms. The molecule has 2 aliphatic rings. The first kappa shape index (κ1) is 51.0. The maximum atomic E-state index is 6.46. The third-order valence-electron chi connectivity index (χ3n) is 12.9. The zero-order valence-corrected chi connectivity index (χ0v) is 44.0. The lowest BCUT2D eigenvalue weighted by Gasteiger charge is -2.14. The van der Waals surface area contributed by atoms with Gasteiger partial charge < -0.3 is 40.4 Å². The van der Waals surface area contributed by atoms with Gasteiger partial charge in [0.25, 0.3) is 0 Å². The molecule has 0 radical (unpaired) electrons. The molecule has 3 aromatic carbocycles. The molecule has 0 saturated carbocycles. The molecule has 382 valence electrons. The molecule has 6 N–H and O–H groups in total. The van der Waals surface area contributed by atoms with Crippen molar-refractivity contribution >= 4 is 58.3 Å². The predicted octanol–water partition coefficient (Wildman–Crippen LogP) is 14.4. The van der Waals surface area contributed by atoms with E-state index in [9.17, 15) is 0 Å². The predicted molar refractivity (Wildman–Crippen MR) is 303 cm³/mol. The Hall–Kier alpha value is -7.93. The van der Waals surface area contributed by atoms with Gasteiger partial charge in [-0.3, -0.25) is 0 Å². The van der Waals surface area contributed by atoms with Gasteiger partial charge in [-0.2, -0.15) is 15.0 Å². The van der Waals surface area contributed by atoms with Gasteiger partial charge in [0, 0.05) is 56.5 Å². The van der Waals surface area contributed by atoms with E-state index in [2.05, 4.69) is 159 Å². The summed E-state index contributed by atoms with van der Waals surface area (Å²) in [5, 5.41) is 0. The minimum absolute atomic E-state index is 0.0531. The van der Waals surface area contributed by atoms with Crippen molar-refractivity contribution in [2.75, 3.05) is 37.9 Å². The third kappa shape index (κ3) is 12.6. The number of nitrogen functional groups attached to an aromatic ring is 2. The van der Waals surface area contributed by atoms with Gasteiger partial charge in [0.1, 0.15) is 23.0 Å². The van der Waals surface area contributed by atoms with Gasteiger partial charge in [0.15, 0.2) is 5.82 Å². The summed E-state index contributed by atoms with van der Waals surface area (Å²) in [4.78, 5) is 31.2. The van der Waals surface area contributed by atoms with Crippen LogP contribution < -0.4 is 30.4 Å². The molecule has 2 aliphatic heterocycles. The normalized spacial score (nSPS) is 12.2. The Balaban J connectivity index is 1.30. The second-order valence-electron chi connectivity index (χ2n) is 20.8. The summed E-state index contributed by atoms with van der Waals surface area (Å²) >= 11 is 0. The van der Waals surface area contributed by atoms with Crippen LogP contribution in [0.3, 0.4) is 0 Å². The maximum absolute atomic E-state index is 6.46. The summed E-state index contributed by atoms with van der Waals surface area (Å²) < 4.78 is 25.8. The summed E-state index contributed by atoms with van der Waals surface area (Å²) in [5.41, 5.74) is 24.7. The number of ether oxygens (including phenoxy) is 4. The second kappa shape index (κ2) is 22.9. The fourth-order valence-electron chi connectivity index (χ4n) is 8.79. The quantitative estimate of drug-likeness (QED) is 0.0569. The number of nitrogens with two attached hydrogens (primary N) is 2. The summed E-state index contributed by atoms with van der Waals surface area (Å²) in [6, 6.07) is 30.9. The molecule has 7 aromatic rings. The lowest BCUT2D eigenvalue weighted by atomic mass is 10.0. The molecule has 8 bridgehead atoms. The van der Waals surface area contributed by atoms with E-state index in [1.54, 1.807) is 0 Å². The number of anilines is 2. The Labute approximate surface area is 434 Å². The minimum Gasteiger partial charge on any atom is -0.493 e. The van der Waals surface area contributed by atoms with Crippen LogP contribution in [0.2, 0.25) is 0 Å². The highest BCUT2D eigenvalue weighted by molar-refractivity contribution is 5.98. The molecule has 6 heterocycles. The largest absolute Gasteiger partial charge is 0.493 e. The Bertz CT molecular complexity index is 3190. The Kier molecular flexibility index (Phi) is 15.8. The first-order valence-electron chi connectivity index (χ1n) is 26.0. The van der Waals surface area contributed by atoms with Crippen LogP contribution in [0.1, 0.15) is 104 Å². The molecule has 0 atom stereocenters. The van der Waals surface area contributed by atoms with E-state index in [-0.39, 0.29) is 11.9 Å². The van der Waals surface area contributed by atoms with Crippen LogP contribution >= 0.6 is 0 Å². The van der Waals surface area contributed by atoms with Crippen LogP contribution in [0.15, 0.2) is 91.0 Å². The smallest absolute Gasteiger partial charge is 0.225 e. The molecule has 13 heteroatoms. The Morgan fingerprint density at radius 2 is 0.784 bits per heavy atom. The molecule has 0 aliphatic carbocycles. The van der Waals surface area contributed by atoms with Crippen LogP contribution in [-0.2, 0) is 0 Å². The Morgan fingerprint density at radius 3 is 1.24 bits per heavy atom. The summed E-state index contributed by atoms with van der Waals surface area (Å²) in [6.45, 7) is 20.0. The van der Waals surface area contributed by atoms with E-state index in [4.69, 9.17) is 40.4 Å². The van der Waals surface area contributed by atoms with Crippen LogP contribution in [0.4, 0.5) is 11.9 Å². The van der Waals surface area contributed by atoms with Crippen molar-refractivity contribution < 1.29 is 18.9 Å². The number of fused-ring (bicyclic) bond motifs is 8. The van der Waals surface area contributed by atoms with Gasteiger partial charge >= 0.3 is 0 Å².